The average molecular weight is 434 g/mol. The van der Waals surface area contributed by atoms with Crippen molar-refractivity contribution in [1.82, 2.24) is 4.90 Å². The molecule has 0 radical (unpaired) electrons. The molecule has 5 nitrogen and oxygen atoms in total. The number of nitrogens with zero attached hydrogens (tertiary/aromatic N) is 2. The number of halogens is 2. The van der Waals surface area contributed by atoms with E-state index in [1.54, 1.807) is 15.9 Å². The summed E-state index contributed by atoms with van der Waals surface area (Å²) in [7, 11) is 0. The summed E-state index contributed by atoms with van der Waals surface area (Å²) < 4.78 is 27.1. The maximum Gasteiger partial charge on any atom is 0.258 e. The summed E-state index contributed by atoms with van der Waals surface area (Å²) in [5.74, 6) is -1.78. The largest absolute Gasteiger partial charge is 0.394 e. The van der Waals surface area contributed by atoms with Gasteiger partial charge < -0.3 is 14.9 Å². The second-order valence-electron chi connectivity index (χ2n) is 8.05. The molecule has 3 aromatic carbocycles. The van der Waals surface area contributed by atoms with Crippen LogP contribution in [0.1, 0.15) is 32.2 Å². The molecule has 0 aliphatic carbocycles. The topological polar surface area (TPSA) is 60.9 Å². The number of anilines is 1. The number of amides is 2. The third kappa shape index (κ3) is 3.17. The number of carbonyl (C=O) groups is 2. The Labute approximate surface area is 183 Å². The van der Waals surface area contributed by atoms with Gasteiger partial charge in [0.15, 0.2) is 0 Å². The van der Waals surface area contributed by atoms with E-state index in [0.717, 1.165) is 5.56 Å². The second-order valence-corrected chi connectivity index (χ2v) is 8.05. The predicted octanol–water partition coefficient (Wildman–Crippen LogP) is 3.59. The first-order valence-electron chi connectivity index (χ1n) is 10.3. The lowest BCUT2D eigenvalue weighted by molar-refractivity contribution is -0.0246. The molecule has 3 atom stereocenters. The number of hydrogen-bond donors (Lipinski definition) is 1. The molecule has 1 saturated heterocycles. The van der Waals surface area contributed by atoms with Gasteiger partial charge in [-0.3, -0.25) is 9.59 Å². The zero-order valence-electron chi connectivity index (χ0n) is 17.0. The van der Waals surface area contributed by atoms with Gasteiger partial charge in [0, 0.05) is 29.3 Å². The number of para-hydroxylation sites is 1. The van der Waals surface area contributed by atoms with E-state index in [-0.39, 0.29) is 42.5 Å². The molecule has 5 rings (SSSR count). The van der Waals surface area contributed by atoms with Crippen molar-refractivity contribution < 1.29 is 23.5 Å². The fraction of sp³-hybridized carbons (Fsp3) is 0.200. The monoisotopic (exact) mass is 434 g/mol. The van der Waals surface area contributed by atoms with Crippen LogP contribution in [0.2, 0.25) is 0 Å². The van der Waals surface area contributed by atoms with E-state index in [4.69, 9.17) is 0 Å². The Morgan fingerprint density at radius 1 is 0.875 bits per heavy atom. The van der Waals surface area contributed by atoms with Crippen LogP contribution in [0.4, 0.5) is 14.5 Å². The van der Waals surface area contributed by atoms with Crippen molar-refractivity contribution in [2.45, 2.75) is 18.0 Å². The van der Waals surface area contributed by atoms with E-state index in [1.165, 1.54) is 42.5 Å². The number of benzene rings is 3. The molecule has 2 heterocycles. The van der Waals surface area contributed by atoms with Gasteiger partial charge in [-0.15, -0.1) is 0 Å². The van der Waals surface area contributed by atoms with Crippen molar-refractivity contribution in [1.29, 1.82) is 0 Å². The second kappa shape index (κ2) is 7.84. The van der Waals surface area contributed by atoms with Crippen LogP contribution in [-0.2, 0) is 0 Å². The summed E-state index contributed by atoms with van der Waals surface area (Å²) in [6.07, 6.45) is 0. The number of likely N-dealkylation sites (tertiary alicyclic amines) is 1. The Balaban J connectivity index is 1.53. The third-order valence-corrected chi connectivity index (χ3v) is 6.33. The van der Waals surface area contributed by atoms with E-state index in [0.29, 0.717) is 11.3 Å². The highest BCUT2D eigenvalue weighted by atomic mass is 19.1. The van der Waals surface area contributed by atoms with Crippen LogP contribution in [0.3, 0.4) is 0 Å². The standard InChI is InChI=1S/C25H20F2N2O3/c26-17-10-8-15(9-11-17)25(32)29-21-13-28(24(31)16-4-3-5-18(27)12-16)20-7-2-1-6-19(20)23(21)22(29)14-30/h1-12,21-23,30H,13-14H2/t21-,22-,23+/m1/s1. The molecule has 0 bridgehead atoms. The normalized spacial score (nSPS) is 21.4. The first-order valence-corrected chi connectivity index (χ1v) is 10.3. The van der Waals surface area contributed by atoms with Crippen molar-refractivity contribution in [2.24, 2.45) is 0 Å². The van der Waals surface area contributed by atoms with E-state index in [2.05, 4.69) is 0 Å². The molecule has 1 N–H and O–H groups in total. The summed E-state index contributed by atoms with van der Waals surface area (Å²) in [5, 5.41) is 10.1. The van der Waals surface area contributed by atoms with Gasteiger partial charge in [0.2, 0.25) is 0 Å². The van der Waals surface area contributed by atoms with E-state index in [1.807, 2.05) is 24.3 Å². The number of hydrogen-bond acceptors (Lipinski definition) is 3. The van der Waals surface area contributed by atoms with Gasteiger partial charge in [-0.25, -0.2) is 8.78 Å². The molecule has 7 heteroatoms. The lowest BCUT2D eigenvalue weighted by atomic mass is 9.71. The number of aliphatic hydroxyl groups excluding tert-OH is 1. The molecular formula is C25H20F2N2O3. The molecule has 1 fully saturated rings. The first kappa shape index (κ1) is 20.3. The van der Waals surface area contributed by atoms with Gasteiger partial charge in [0.1, 0.15) is 11.6 Å². The van der Waals surface area contributed by atoms with E-state index in [9.17, 15) is 23.5 Å². The highest BCUT2D eigenvalue weighted by Crippen LogP contribution is 2.48. The Morgan fingerprint density at radius 3 is 2.34 bits per heavy atom. The van der Waals surface area contributed by atoms with E-state index < -0.39 is 17.7 Å². The minimum absolute atomic E-state index is 0.142. The van der Waals surface area contributed by atoms with E-state index >= 15 is 0 Å². The van der Waals surface area contributed by atoms with Gasteiger partial charge in [-0.1, -0.05) is 24.3 Å². The summed E-state index contributed by atoms with van der Waals surface area (Å²) in [5.41, 5.74) is 2.07. The van der Waals surface area contributed by atoms with Crippen LogP contribution < -0.4 is 4.90 Å². The maximum absolute atomic E-state index is 13.7. The molecule has 0 saturated carbocycles. The van der Waals surface area contributed by atoms with Crippen LogP contribution in [0.15, 0.2) is 72.8 Å². The summed E-state index contributed by atoms with van der Waals surface area (Å²) in [6.45, 7) is -0.0270. The SMILES string of the molecule is O=C(c1cccc(F)c1)N1C[C@@H]2[C@H](c3ccccc31)[C@@H](CO)N2C(=O)c1ccc(F)cc1. The molecule has 0 aromatic heterocycles. The van der Waals surface area contributed by atoms with Crippen molar-refractivity contribution >= 4 is 17.5 Å². The zero-order chi connectivity index (χ0) is 22.4. The quantitative estimate of drug-likeness (QED) is 0.685. The van der Waals surface area contributed by atoms with Crippen LogP contribution >= 0.6 is 0 Å². The van der Waals surface area contributed by atoms with Crippen molar-refractivity contribution in [3.63, 3.8) is 0 Å². The lowest BCUT2D eigenvalue weighted by Gasteiger charge is -2.58. The smallest absolute Gasteiger partial charge is 0.258 e. The molecule has 2 aliphatic rings. The maximum atomic E-state index is 13.7. The molecule has 3 aromatic rings. The van der Waals surface area contributed by atoms with Crippen molar-refractivity contribution in [2.75, 3.05) is 18.1 Å². The third-order valence-electron chi connectivity index (χ3n) is 6.33. The van der Waals surface area contributed by atoms with Crippen LogP contribution in [0.25, 0.3) is 0 Å². The summed E-state index contributed by atoms with van der Waals surface area (Å²) in [6, 6.07) is 17.3. The molecule has 0 unspecified atom stereocenters. The summed E-state index contributed by atoms with van der Waals surface area (Å²) >= 11 is 0. The molecule has 162 valence electrons. The fourth-order valence-electron chi connectivity index (χ4n) is 4.88. The van der Waals surface area contributed by atoms with Crippen LogP contribution in [0, 0.1) is 11.6 Å². The molecular weight excluding hydrogens is 414 g/mol. The van der Waals surface area contributed by atoms with Crippen molar-refractivity contribution in [3.8, 4) is 0 Å². The Kier molecular flexibility index (Phi) is 4.98. The minimum Gasteiger partial charge on any atom is -0.394 e. The number of fused-ring (bicyclic) bond motifs is 3. The number of carbonyl (C=O) groups excluding carboxylic acids is 2. The highest BCUT2D eigenvalue weighted by molar-refractivity contribution is 6.07. The molecule has 2 amide bonds. The van der Waals surface area contributed by atoms with Crippen molar-refractivity contribution in [3.05, 3.63) is 101 Å². The van der Waals surface area contributed by atoms with Gasteiger partial charge in [0.25, 0.3) is 11.8 Å². The lowest BCUT2D eigenvalue weighted by Crippen LogP contribution is -2.70. The van der Waals surface area contributed by atoms with Crippen LogP contribution in [-0.4, -0.2) is 47.1 Å². The predicted molar refractivity (Wildman–Crippen MR) is 114 cm³/mol. The van der Waals surface area contributed by atoms with Gasteiger partial charge in [0.05, 0.1) is 18.7 Å². The first-order chi connectivity index (χ1) is 15.5. The Bertz CT molecular complexity index is 1200. The summed E-state index contributed by atoms with van der Waals surface area (Å²) in [4.78, 5) is 29.6. The zero-order valence-corrected chi connectivity index (χ0v) is 17.0. The number of rotatable bonds is 3. The van der Waals surface area contributed by atoms with Crippen LogP contribution in [0.5, 0.6) is 0 Å². The van der Waals surface area contributed by atoms with Gasteiger partial charge >= 0.3 is 0 Å². The number of aliphatic hydroxyl groups is 1. The highest BCUT2D eigenvalue weighted by Gasteiger charge is 2.55. The van der Waals surface area contributed by atoms with Gasteiger partial charge in [-0.05, 0) is 54.1 Å². The fourth-order valence-corrected chi connectivity index (χ4v) is 4.88. The molecule has 2 aliphatic heterocycles. The average Bonchev–Trinajstić information content (AvgIpc) is 2.79. The Morgan fingerprint density at radius 2 is 1.62 bits per heavy atom. The van der Waals surface area contributed by atoms with Gasteiger partial charge in [-0.2, -0.15) is 0 Å². The Hall–Kier alpha value is -3.58. The molecule has 0 spiro atoms. The molecule has 32 heavy (non-hydrogen) atoms. The minimum atomic E-state index is -0.504.